The van der Waals surface area contributed by atoms with Gasteiger partial charge in [0, 0.05) is 24.1 Å². The van der Waals surface area contributed by atoms with E-state index in [0.29, 0.717) is 5.69 Å². The molecule has 0 unspecified atom stereocenters. The van der Waals surface area contributed by atoms with Gasteiger partial charge in [0.1, 0.15) is 0 Å². The van der Waals surface area contributed by atoms with Gasteiger partial charge in [-0.15, -0.1) is 0 Å². The zero-order valence-corrected chi connectivity index (χ0v) is 12.6. The van der Waals surface area contributed by atoms with Crippen LogP contribution in [0.1, 0.15) is 15.9 Å². The molecule has 0 saturated carbocycles. The van der Waals surface area contributed by atoms with Gasteiger partial charge in [-0.25, -0.2) is 4.79 Å². The first-order valence-corrected chi connectivity index (χ1v) is 7.21. The second-order valence-corrected chi connectivity index (χ2v) is 5.36. The first-order chi connectivity index (χ1) is 11.1. The van der Waals surface area contributed by atoms with Crippen LogP contribution in [0.15, 0.2) is 54.7 Å². The lowest BCUT2D eigenvalue weighted by atomic mass is 10.1. The van der Waals surface area contributed by atoms with Gasteiger partial charge in [-0.3, -0.25) is 4.79 Å². The Hall–Kier alpha value is -3.08. The lowest BCUT2D eigenvalue weighted by molar-refractivity contribution is -0.115. The van der Waals surface area contributed by atoms with Gasteiger partial charge in [-0.1, -0.05) is 30.3 Å². The van der Waals surface area contributed by atoms with Gasteiger partial charge < -0.3 is 15.0 Å². The van der Waals surface area contributed by atoms with Crippen LogP contribution in [0.5, 0.6) is 0 Å². The fraction of sp³-hybridized carbons (Fsp3) is 0.111. The van der Waals surface area contributed by atoms with Crippen LogP contribution in [0.4, 0.5) is 5.69 Å². The summed E-state index contributed by atoms with van der Waals surface area (Å²) in [6.45, 7) is 0. The SMILES string of the molecule is Cn1cc(CC(=O)Nc2ccccc2C(=O)O)c2ccccc21. The molecule has 116 valence electrons. The van der Waals surface area contributed by atoms with Crippen molar-refractivity contribution in [3.05, 3.63) is 65.9 Å². The van der Waals surface area contributed by atoms with Crippen LogP contribution in [0, 0.1) is 0 Å². The van der Waals surface area contributed by atoms with Crippen molar-refractivity contribution in [2.45, 2.75) is 6.42 Å². The monoisotopic (exact) mass is 308 g/mol. The van der Waals surface area contributed by atoms with E-state index in [1.807, 2.05) is 42.1 Å². The van der Waals surface area contributed by atoms with Crippen LogP contribution >= 0.6 is 0 Å². The number of aromatic carboxylic acids is 1. The minimum Gasteiger partial charge on any atom is -0.478 e. The number of anilines is 1. The highest BCUT2D eigenvalue weighted by molar-refractivity contribution is 6.02. The summed E-state index contributed by atoms with van der Waals surface area (Å²) in [6, 6.07) is 14.2. The van der Waals surface area contributed by atoms with E-state index in [1.54, 1.807) is 18.2 Å². The largest absolute Gasteiger partial charge is 0.478 e. The molecule has 3 aromatic rings. The predicted octanol–water partition coefficient (Wildman–Crippen LogP) is 3.06. The molecule has 1 aromatic heterocycles. The Kier molecular flexibility index (Phi) is 3.85. The smallest absolute Gasteiger partial charge is 0.337 e. The Labute approximate surface area is 133 Å². The Morgan fingerprint density at radius 2 is 1.78 bits per heavy atom. The van der Waals surface area contributed by atoms with Crippen LogP contribution in [-0.2, 0) is 18.3 Å². The molecule has 3 rings (SSSR count). The summed E-state index contributed by atoms with van der Waals surface area (Å²) < 4.78 is 1.98. The van der Waals surface area contributed by atoms with Crippen molar-refractivity contribution >= 4 is 28.5 Å². The molecule has 1 amide bonds. The molecule has 0 bridgehead atoms. The highest BCUT2D eigenvalue weighted by atomic mass is 16.4. The molecule has 5 heteroatoms. The number of rotatable bonds is 4. The van der Waals surface area contributed by atoms with Crippen molar-refractivity contribution in [1.82, 2.24) is 4.57 Å². The van der Waals surface area contributed by atoms with E-state index in [-0.39, 0.29) is 17.9 Å². The number of aryl methyl sites for hydroxylation is 1. The number of carboxylic acids is 1. The van der Waals surface area contributed by atoms with E-state index in [0.717, 1.165) is 16.5 Å². The van der Waals surface area contributed by atoms with Gasteiger partial charge in [-0.2, -0.15) is 0 Å². The van der Waals surface area contributed by atoms with Crippen LogP contribution in [0.3, 0.4) is 0 Å². The number of carboxylic acid groups (broad SMARTS) is 1. The van der Waals surface area contributed by atoms with E-state index in [1.165, 1.54) is 6.07 Å². The molecule has 23 heavy (non-hydrogen) atoms. The molecule has 5 nitrogen and oxygen atoms in total. The molecule has 0 aliphatic heterocycles. The summed E-state index contributed by atoms with van der Waals surface area (Å²) >= 11 is 0. The third-order valence-electron chi connectivity index (χ3n) is 3.76. The van der Waals surface area contributed by atoms with Crippen LogP contribution in [0.25, 0.3) is 10.9 Å². The first-order valence-electron chi connectivity index (χ1n) is 7.21. The number of aromatic nitrogens is 1. The number of hydrogen-bond donors (Lipinski definition) is 2. The number of carbonyl (C=O) groups excluding carboxylic acids is 1. The second kappa shape index (κ2) is 5.96. The van der Waals surface area contributed by atoms with E-state index in [4.69, 9.17) is 5.11 Å². The number of hydrogen-bond acceptors (Lipinski definition) is 2. The summed E-state index contributed by atoms with van der Waals surface area (Å²) in [7, 11) is 1.93. The molecule has 1 heterocycles. The van der Waals surface area contributed by atoms with E-state index >= 15 is 0 Å². The number of carbonyl (C=O) groups is 2. The molecule has 2 N–H and O–H groups in total. The molecule has 0 atom stereocenters. The van der Waals surface area contributed by atoms with Crippen molar-refractivity contribution in [1.29, 1.82) is 0 Å². The van der Waals surface area contributed by atoms with Crippen molar-refractivity contribution in [2.24, 2.45) is 7.05 Å². The number of benzene rings is 2. The average molecular weight is 308 g/mol. The summed E-state index contributed by atoms with van der Waals surface area (Å²) in [5.74, 6) is -1.30. The molecule has 0 fully saturated rings. The fourth-order valence-electron chi connectivity index (χ4n) is 2.71. The Balaban J connectivity index is 1.84. The third-order valence-corrected chi connectivity index (χ3v) is 3.76. The Morgan fingerprint density at radius 3 is 2.57 bits per heavy atom. The molecule has 0 aliphatic rings. The van der Waals surface area contributed by atoms with Crippen LogP contribution in [0.2, 0.25) is 0 Å². The highest BCUT2D eigenvalue weighted by Crippen LogP contribution is 2.21. The van der Waals surface area contributed by atoms with E-state index in [2.05, 4.69) is 5.32 Å². The van der Waals surface area contributed by atoms with Gasteiger partial charge in [0.25, 0.3) is 0 Å². The highest BCUT2D eigenvalue weighted by Gasteiger charge is 2.14. The normalized spacial score (nSPS) is 10.7. The lowest BCUT2D eigenvalue weighted by Crippen LogP contribution is -2.16. The number of nitrogens with one attached hydrogen (secondary N) is 1. The summed E-state index contributed by atoms with van der Waals surface area (Å²) in [4.78, 5) is 23.5. The van der Waals surface area contributed by atoms with Crippen molar-refractivity contribution in [2.75, 3.05) is 5.32 Å². The number of nitrogens with zero attached hydrogens (tertiary/aromatic N) is 1. The summed E-state index contributed by atoms with van der Waals surface area (Å²) in [6.07, 6.45) is 2.11. The van der Waals surface area contributed by atoms with Crippen molar-refractivity contribution < 1.29 is 14.7 Å². The van der Waals surface area contributed by atoms with Crippen molar-refractivity contribution in [3.8, 4) is 0 Å². The fourth-order valence-corrected chi connectivity index (χ4v) is 2.71. The minimum absolute atomic E-state index is 0.0822. The van der Waals surface area contributed by atoms with Gasteiger partial charge in [0.2, 0.25) is 5.91 Å². The van der Waals surface area contributed by atoms with E-state index < -0.39 is 5.97 Å². The quantitative estimate of drug-likeness (QED) is 0.778. The third kappa shape index (κ3) is 2.94. The predicted molar refractivity (Wildman–Crippen MR) is 88.7 cm³/mol. The Morgan fingerprint density at radius 1 is 1.09 bits per heavy atom. The van der Waals surface area contributed by atoms with E-state index in [9.17, 15) is 9.59 Å². The second-order valence-electron chi connectivity index (χ2n) is 5.36. The van der Waals surface area contributed by atoms with Gasteiger partial charge in [0.05, 0.1) is 17.7 Å². The molecular weight excluding hydrogens is 292 g/mol. The minimum atomic E-state index is -1.06. The molecular formula is C18H16N2O3. The van der Waals surface area contributed by atoms with Crippen LogP contribution < -0.4 is 5.32 Å². The topological polar surface area (TPSA) is 71.3 Å². The maximum Gasteiger partial charge on any atom is 0.337 e. The Bertz CT molecular complexity index is 896. The summed E-state index contributed by atoms with van der Waals surface area (Å²) in [5, 5.41) is 12.9. The average Bonchev–Trinajstić information content (AvgIpc) is 2.84. The number of fused-ring (bicyclic) bond motifs is 1. The molecule has 0 spiro atoms. The maximum absolute atomic E-state index is 12.3. The zero-order chi connectivity index (χ0) is 16.4. The van der Waals surface area contributed by atoms with Crippen molar-refractivity contribution in [3.63, 3.8) is 0 Å². The van der Waals surface area contributed by atoms with Gasteiger partial charge >= 0.3 is 5.97 Å². The molecule has 0 aliphatic carbocycles. The molecule has 0 radical (unpaired) electrons. The standard InChI is InChI=1S/C18H16N2O3/c1-20-11-12(13-6-3-5-9-16(13)20)10-17(21)19-15-8-4-2-7-14(15)18(22)23/h2-9,11H,10H2,1H3,(H,19,21)(H,22,23). The zero-order valence-electron chi connectivity index (χ0n) is 12.6. The van der Waals surface area contributed by atoms with Gasteiger partial charge in [0.15, 0.2) is 0 Å². The first kappa shape index (κ1) is 14.8. The van der Waals surface area contributed by atoms with Crippen LogP contribution in [-0.4, -0.2) is 21.6 Å². The molecule has 2 aromatic carbocycles. The number of amides is 1. The maximum atomic E-state index is 12.3. The molecule has 0 saturated heterocycles. The van der Waals surface area contributed by atoms with Gasteiger partial charge in [-0.05, 0) is 23.8 Å². The summed E-state index contributed by atoms with van der Waals surface area (Å²) in [5.41, 5.74) is 2.36. The lowest BCUT2D eigenvalue weighted by Gasteiger charge is -2.07. The number of para-hydroxylation sites is 2.